The van der Waals surface area contributed by atoms with Gasteiger partial charge in [0.15, 0.2) is 0 Å². The van der Waals surface area contributed by atoms with E-state index in [4.69, 9.17) is 0 Å². The van der Waals surface area contributed by atoms with Gasteiger partial charge in [-0.05, 0) is 0 Å². The Morgan fingerprint density at radius 1 is 1.75 bits per heavy atom. The predicted molar refractivity (Wildman–Crippen MR) is 31.4 cm³/mol. The summed E-state index contributed by atoms with van der Waals surface area (Å²) in [5.74, 6) is 0. The number of hydrogen-bond acceptors (Lipinski definition) is 0. The topological polar surface area (TPSA) is 0 Å². The van der Waals surface area contributed by atoms with Gasteiger partial charge in [0.05, 0.1) is 0 Å². The second-order valence-electron chi connectivity index (χ2n) is 0.105. The normalized spacial score (nSPS) is 4.50. The zero-order valence-electron chi connectivity index (χ0n) is 2.14. The SMILES string of the molecule is [BiH3].[SbH2][Te][TeH]. The molecule has 4 heavy (non-hydrogen) atoms. The summed E-state index contributed by atoms with van der Waals surface area (Å²) in [5.41, 5.74) is 0. The van der Waals surface area contributed by atoms with E-state index < -0.39 is 0 Å². The molecule has 4 heteroatoms. The van der Waals surface area contributed by atoms with E-state index in [1.807, 2.05) is 18.4 Å². The Labute approximate surface area is 74.6 Å². The van der Waals surface area contributed by atoms with Crippen LogP contribution in [0.2, 0.25) is 0 Å². The first-order chi connectivity index (χ1) is 1.41. The molecule has 0 aliphatic heterocycles. The average Bonchev–Trinajstić information content (AvgIpc) is 0.918. The predicted octanol–water partition coefficient (Wildman–Crippen LogP) is -3.13. The summed E-state index contributed by atoms with van der Waals surface area (Å²) in [6, 6.07) is 0. The van der Waals surface area contributed by atoms with E-state index in [9.17, 15) is 0 Å². The second-order valence-corrected chi connectivity index (χ2v) is 31.8. The third kappa shape index (κ3) is 8.99. The van der Waals surface area contributed by atoms with Crippen LogP contribution in [0.3, 0.4) is 0 Å². The Balaban J connectivity index is 0. The number of hydrogen-bond donors (Lipinski definition) is 0. The maximum absolute atomic E-state index is 2.04. The summed E-state index contributed by atoms with van der Waals surface area (Å²) in [7, 11) is 0. The summed E-state index contributed by atoms with van der Waals surface area (Å²) in [6.45, 7) is 0. The summed E-state index contributed by atoms with van der Waals surface area (Å²) in [5, 5.41) is 0. The van der Waals surface area contributed by atoms with Crippen LogP contribution in [0.1, 0.15) is 0 Å². The summed E-state index contributed by atoms with van der Waals surface area (Å²) in [6.07, 6.45) is 0. The first kappa shape index (κ1) is 10.3. The fraction of sp³-hybridized carbons (Fsp3) is 0. The molecule has 28 valence electrons. The number of rotatable bonds is 0. The molecule has 0 unspecified atom stereocenters. The standard InChI is InChI=1S/Bi.Sb.H2Te2.5H/c;;1-2;;;;;/h;;1-2H;;;;;/q;+1;;;;;;/p-1. The van der Waals surface area contributed by atoms with Crippen molar-refractivity contribution >= 4 is 76.7 Å². The van der Waals surface area contributed by atoms with Crippen LogP contribution in [-0.2, 0) is 0 Å². The van der Waals surface area contributed by atoms with Gasteiger partial charge in [-0.15, -0.1) is 0 Å². The molecule has 0 aromatic heterocycles. The van der Waals surface area contributed by atoms with E-state index in [0.717, 1.165) is 0 Å². The van der Waals surface area contributed by atoms with E-state index in [-0.39, 0.29) is 26.2 Å². The average molecular weight is 592 g/mol. The fourth-order valence-corrected chi connectivity index (χ4v) is 0. The van der Waals surface area contributed by atoms with Crippen molar-refractivity contribution in [1.29, 1.82) is 0 Å². The molecule has 0 saturated heterocycles. The van der Waals surface area contributed by atoms with Gasteiger partial charge in [-0.1, -0.05) is 0 Å². The maximum atomic E-state index is 2.04. The molecule has 0 atom stereocenters. The van der Waals surface area contributed by atoms with Crippen LogP contribution < -0.4 is 0 Å². The Kier molecular flexibility index (Phi) is 24.6. The van der Waals surface area contributed by atoms with Crippen LogP contribution in [0, 0.1) is 0 Å². The first-order valence-electron chi connectivity index (χ1n) is 0.418. The molecule has 0 aromatic rings. The van der Waals surface area contributed by atoms with Crippen molar-refractivity contribution in [3.8, 4) is 0 Å². The third-order valence-electron chi connectivity index (χ3n) is 0. The quantitative estimate of drug-likeness (QED) is 0.262. The molecular weight excluding hydrogens is 586 g/mol. The molecule has 0 aromatic carbocycles. The molecule has 0 bridgehead atoms. The zero-order valence-corrected chi connectivity index (χ0v) is 15.8. The van der Waals surface area contributed by atoms with Crippen LogP contribution in [0.5, 0.6) is 0 Å². The fourth-order valence-electron chi connectivity index (χ4n) is 0. The van der Waals surface area contributed by atoms with Gasteiger partial charge in [0.1, 0.15) is 0 Å². The van der Waals surface area contributed by atoms with Crippen LogP contribution in [0.4, 0.5) is 0 Å². The molecule has 0 nitrogen and oxygen atoms in total. The molecular formula is H6BiSbTe2. The van der Waals surface area contributed by atoms with Crippen molar-refractivity contribution in [2.24, 2.45) is 0 Å². The van der Waals surface area contributed by atoms with Gasteiger partial charge in [0.2, 0.25) is 0 Å². The van der Waals surface area contributed by atoms with E-state index in [2.05, 4.69) is 0 Å². The van der Waals surface area contributed by atoms with Crippen molar-refractivity contribution in [2.45, 2.75) is 0 Å². The molecule has 0 heterocycles. The third-order valence-corrected chi connectivity index (χ3v) is 0. The van der Waals surface area contributed by atoms with E-state index >= 15 is 0 Å². The van der Waals surface area contributed by atoms with E-state index in [1.165, 1.54) is 0 Å². The monoisotopic (exact) mass is 596 g/mol. The second kappa shape index (κ2) is 9.56. The summed E-state index contributed by atoms with van der Waals surface area (Å²) < 4.78 is 0. The van der Waals surface area contributed by atoms with Gasteiger partial charge in [-0.3, -0.25) is 0 Å². The van der Waals surface area contributed by atoms with Gasteiger partial charge >= 0.3 is 76.7 Å². The Bertz CT molecular complexity index is 6.00. The molecule has 0 amide bonds. The van der Waals surface area contributed by atoms with Crippen molar-refractivity contribution in [3.63, 3.8) is 0 Å². The van der Waals surface area contributed by atoms with Gasteiger partial charge < -0.3 is 0 Å². The first-order valence-corrected chi connectivity index (χ1v) is 18.8. The van der Waals surface area contributed by atoms with Gasteiger partial charge in [-0.25, -0.2) is 0 Å². The van der Waals surface area contributed by atoms with Gasteiger partial charge in [0, 0.05) is 0 Å². The minimum atomic E-state index is 0. The van der Waals surface area contributed by atoms with Crippen molar-refractivity contribution in [1.82, 2.24) is 0 Å². The molecule has 0 saturated carbocycles. The molecule has 0 fully saturated rings. The van der Waals surface area contributed by atoms with Crippen molar-refractivity contribution < 1.29 is 0 Å². The molecule has 0 aliphatic rings. The van der Waals surface area contributed by atoms with E-state index in [1.54, 1.807) is 19.1 Å². The van der Waals surface area contributed by atoms with Crippen LogP contribution >= 0.6 is 0 Å². The van der Waals surface area contributed by atoms with Crippen molar-refractivity contribution in [3.05, 3.63) is 0 Å². The molecule has 0 rings (SSSR count). The summed E-state index contributed by atoms with van der Waals surface area (Å²) >= 11 is 4.26. The van der Waals surface area contributed by atoms with Gasteiger partial charge in [0.25, 0.3) is 0 Å². The zero-order chi connectivity index (χ0) is 2.71. The Hall–Kier alpha value is 3.28. The molecule has 0 spiro atoms. The van der Waals surface area contributed by atoms with Crippen LogP contribution in [-0.4, -0.2) is 76.7 Å². The van der Waals surface area contributed by atoms with E-state index in [0.29, 0.717) is 13.0 Å². The van der Waals surface area contributed by atoms with Gasteiger partial charge in [-0.2, -0.15) is 0 Å². The van der Waals surface area contributed by atoms with Crippen LogP contribution in [0.15, 0.2) is 0 Å². The molecule has 0 N–H and O–H groups in total. The van der Waals surface area contributed by atoms with Crippen LogP contribution in [0.25, 0.3) is 0 Å². The Morgan fingerprint density at radius 3 is 1.75 bits per heavy atom. The molecule has 0 radical (unpaired) electrons. The summed E-state index contributed by atoms with van der Waals surface area (Å²) in [4.78, 5) is 0. The van der Waals surface area contributed by atoms with Crippen molar-refractivity contribution in [2.75, 3.05) is 0 Å². The molecule has 0 aliphatic carbocycles. The minimum absolute atomic E-state index is 0. The Morgan fingerprint density at radius 2 is 1.75 bits per heavy atom.